The lowest BCUT2D eigenvalue weighted by molar-refractivity contribution is -0.898. The lowest BCUT2D eigenvalue weighted by Crippen LogP contribution is -3.14. The maximum Gasteiger partial charge on any atom is 0.275 e. The lowest BCUT2D eigenvalue weighted by Gasteiger charge is -2.27. The van der Waals surface area contributed by atoms with Crippen LogP contribution in [-0.4, -0.2) is 38.8 Å². The van der Waals surface area contributed by atoms with Gasteiger partial charge in [-0.25, -0.2) is 0 Å². The molecule has 1 fully saturated rings. The van der Waals surface area contributed by atoms with E-state index in [-0.39, 0.29) is 11.9 Å². The number of likely N-dealkylation sites (tertiary alicyclic amines) is 1. The Morgan fingerprint density at radius 3 is 2.70 bits per heavy atom. The third kappa shape index (κ3) is 4.16. The minimum atomic E-state index is -0.0264. The predicted molar refractivity (Wildman–Crippen MR) is 88.0 cm³/mol. The Bertz CT molecular complexity index is 553. The van der Waals surface area contributed by atoms with Crippen LogP contribution < -0.4 is 19.7 Å². The Morgan fingerprint density at radius 2 is 1.96 bits per heavy atom. The first-order valence-electron chi connectivity index (χ1n) is 8.64. The number of piperidine rings is 1. The molecule has 1 aromatic carbocycles. The van der Waals surface area contributed by atoms with Crippen molar-refractivity contribution in [3.63, 3.8) is 0 Å². The summed E-state index contributed by atoms with van der Waals surface area (Å²) in [6.07, 6.45) is 2.45. The fourth-order valence-corrected chi connectivity index (χ4v) is 3.28. The Hall–Kier alpha value is -1.75. The van der Waals surface area contributed by atoms with E-state index in [0.717, 1.165) is 36.1 Å². The van der Waals surface area contributed by atoms with Crippen LogP contribution in [0.4, 0.5) is 0 Å². The number of ether oxygens (including phenoxy) is 2. The van der Waals surface area contributed by atoms with Gasteiger partial charge in [0.15, 0.2) is 18.0 Å². The van der Waals surface area contributed by atoms with Crippen LogP contribution in [0, 0.1) is 5.92 Å². The lowest BCUT2D eigenvalue weighted by atomic mass is 9.99. The van der Waals surface area contributed by atoms with Gasteiger partial charge >= 0.3 is 0 Å². The van der Waals surface area contributed by atoms with Gasteiger partial charge in [0.2, 0.25) is 0 Å². The molecule has 0 radical (unpaired) electrons. The highest BCUT2D eigenvalue weighted by atomic mass is 16.6. The van der Waals surface area contributed by atoms with Crippen LogP contribution in [0.1, 0.15) is 38.3 Å². The van der Waals surface area contributed by atoms with Gasteiger partial charge in [0, 0.05) is 0 Å². The summed E-state index contributed by atoms with van der Waals surface area (Å²) in [7, 11) is 0. The van der Waals surface area contributed by atoms with Crippen molar-refractivity contribution in [1.82, 2.24) is 5.32 Å². The molecule has 3 rings (SSSR count). The van der Waals surface area contributed by atoms with Gasteiger partial charge in [0.25, 0.3) is 5.91 Å². The topological polar surface area (TPSA) is 52.0 Å². The van der Waals surface area contributed by atoms with E-state index in [1.807, 2.05) is 25.1 Å². The summed E-state index contributed by atoms with van der Waals surface area (Å²) in [4.78, 5) is 13.7. The van der Waals surface area contributed by atoms with Crippen LogP contribution >= 0.6 is 0 Å². The van der Waals surface area contributed by atoms with Crippen molar-refractivity contribution in [1.29, 1.82) is 0 Å². The maximum atomic E-state index is 12.3. The molecule has 0 spiro atoms. The minimum absolute atomic E-state index is 0.0264. The van der Waals surface area contributed by atoms with E-state index in [2.05, 4.69) is 12.2 Å². The van der Waals surface area contributed by atoms with Crippen LogP contribution in [0.25, 0.3) is 0 Å². The molecule has 1 atom stereocenters. The zero-order valence-electron chi connectivity index (χ0n) is 14.1. The third-order valence-electron chi connectivity index (χ3n) is 4.84. The fraction of sp³-hybridized carbons (Fsp3) is 0.611. The third-order valence-corrected chi connectivity index (χ3v) is 4.84. The van der Waals surface area contributed by atoms with E-state index in [0.29, 0.717) is 19.8 Å². The van der Waals surface area contributed by atoms with Crippen molar-refractivity contribution in [3.8, 4) is 11.5 Å². The summed E-state index contributed by atoms with van der Waals surface area (Å²) < 4.78 is 11.1. The maximum absolute atomic E-state index is 12.3. The number of hydrogen-bond acceptors (Lipinski definition) is 3. The Kier molecular flexibility index (Phi) is 5.06. The molecule has 1 aromatic rings. The van der Waals surface area contributed by atoms with E-state index in [1.54, 1.807) is 0 Å². The number of hydrogen-bond donors (Lipinski definition) is 2. The summed E-state index contributed by atoms with van der Waals surface area (Å²) in [5.74, 6) is 2.48. The molecule has 0 bridgehead atoms. The molecule has 126 valence electrons. The minimum Gasteiger partial charge on any atom is -0.486 e. The van der Waals surface area contributed by atoms with Crippen molar-refractivity contribution in [2.45, 2.75) is 32.7 Å². The molecule has 5 heteroatoms. The van der Waals surface area contributed by atoms with Gasteiger partial charge in [-0.1, -0.05) is 13.0 Å². The van der Waals surface area contributed by atoms with Gasteiger partial charge in [-0.2, -0.15) is 0 Å². The monoisotopic (exact) mass is 319 g/mol. The summed E-state index contributed by atoms with van der Waals surface area (Å²) >= 11 is 0. The van der Waals surface area contributed by atoms with E-state index in [4.69, 9.17) is 9.47 Å². The molecule has 2 aliphatic heterocycles. The number of rotatable bonds is 4. The molecule has 5 nitrogen and oxygen atoms in total. The molecule has 0 aromatic heterocycles. The molecule has 23 heavy (non-hydrogen) atoms. The molecule has 0 saturated carbocycles. The summed E-state index contributed by atoms with van der Waals surface area (Å²) in [6, 6.07) is 5.86. The van der Waals surface area contributed by atoms with Gasteiger partial charge in [-0.15, -0.1) is 0 Å². The van der Waals surface area contributed by atoms with Crippen LogP contribution in [0.3, 0.4) is 0 Å². The summed E-state index contributed by atoms with van der Waals surface area (Å²) in [5.41, 5.74) is 1.05. The SMILES string of the molecule is CC1CC[NH+](CC(=O)N[C@H](C)c2ccc3c(c2)OCCO3)CC1. The molecule has 0 aliphatic carbocycles. The Morgan fingerprint density at radius 1 is 1.26 bits per heavy atom. The smallest absolute Gasteiger partial charge is 0.275 e. The van der Waals surface area contributed by atoms with Crippen molar-refractivity contribution >= 4 is 5.91 Å². The van der Waals surface area contributed by atoms with Gasteiger partial charge in [0.1, 0.15) is 13.2 Å². The van der Waals surface area contributed by atoms with Crippen molar-refractivity contribution < 1.29 is 19.2 Å². The molecule has 2 N–H and O–H groups in total. The Balaban J connectivity index is 1.54. The zero-order valence-corrected chi connectivity index (χ0v) is 14.1. The molecule has 2 heterocycles. The van der Waals surface area contributed by atoms with Crippen LogP contribution in [0.5, 0.6) is 11.5 Å². The van der Waals surface area contributed by atoms with E-state index in [9.17, 15) is 4.79 Å². The number of quaternary nitrogens is 1. The fourth-order valence-electron chi connectivity index (χ4n) is 3.28. The summed E-state index contributed by atoms with van der Waals surface area (Å²) in [5, 5.41) is 3.11. The first-order chi connectivity index (χ1) is 11.1. The van der Waals surface area contributed by atoms with Crippen LogP contribution in [0.15, 0.2) is 18.2 Å². The standard InChI is InChI=1S/C18H26N2O3/c1-13-5-7-20(8-6-13)12-18(21)19-14(2)15-3-4-16-17(11-15)23-10-9-22-16/h3-4,11,13-14H,5-10,12H2,1-2H3,(H,19,21)/p+1/t14-/m1/s1. The number of carbonyl (C=O) groups excluding carboxylic acids is 1. The van der Waals surface area contributed by atoms with Crippen molar-refractivity contribution in [3.05, 3.63) is 23.8 Å². The number of benzene rings is 1. The molecular weight excluding hydrogens is 292 g/mol. The van der Waals surface area contributed by atoms with Crippen molar-refractivity contribution in [2.75, 3.05) is 32.8 Å². The first-order valence-corrected chi connectivity index (χ1v) is 8.64. The second-order valence-corrected chi connectivity index (χ2v) is 6.80. The first kappa shape index (κ1) is 16.1. The quantitative estimate of drug-likeness (QED) is 0.869. The zero-order chi connectivity index (χ0) is 16.2. The van der Waals surface area contributed by atoms with E-state index < -0.39 is 0 Å². The Labute approximate surface area is 137 Å². The average Bonchev–Trinajstić information content (AvgIpc) is 2.56. The van der Waals surface area contributed by atoms with Crippen LogP contribution in [-0.2, 0) is 4.79 Å². The van der Waals surface area contributed by atoms with Crippen molar-refractivity contribution in [2.24, 2.45) is 5.92 Å². The highest BCUT2D eigenvalue weighted by molar-refractivity contribution is 5.77. The normalized spacial score (nSPS) is 24.8. The number of nitrogens with one attached hydrogen (secondary N) is 2. The van der Waals surface area contributed by atoms with Gasteiger partial charge in [-0.3, -0.25) is 4.79 Å². The second kappa shape index (κ2) is 7.21. The number of fused-ring (bicyclic) bond motifs is 1. The van der Waals surface area contributed by atoms with E-state index >= 15 is 0 Å². The molecule has 1 saturated heterocycles. The molecule has 0 unspecified atom stereocenters. The highest BCUT2D eigenvalue weighted by Crippen LogP contribution is 2.32. The molecule has 1 amide bonds. The summed E-state index contributed by atoms with van der Waals surface area (Å²) in [6.45, 7) is 8.25. The van der Waals surface area contributed by atoms with Gasteiger partial charge < -0.3 is 19.7 Å². The van der Waals surface area contributed by atoms with Gasteiger partial charge in [-0.05, 0) is 43.4 Å². The van der Waals surface area contributed by atoms with Gasteiger partial charge in [0.05, 0.1) is 19.1 Å². The second-order valence-electron chi connectivity index (χ2n) is 6.80. The predicted octanol–water partition coefficient (Wildman–Crippen LogP) is 0.950. The number of carbonyl (C=O) groups is 1. The highest BCUT2D eigenvalue weighted by Gasteiger charge is 2.22. The van der Waals surface area contributed by atoms with E-state index in [1.165, 1.54) is 17.7 Å². The largest absolute Gasteiger partial charge is 0.486 e. The molecule has 2 aliphatic rings. The molecular formula is C18H27N2O3+. The average molecular weight is 319 g/mol. The number of amides is 1. The van der Waals surface area contributed by atoms with Crippen LogP contribution in [0.2, 0.25) is 0 Å².